The second-order valence-corrected chi connectivity index (χ2v) is 4.65. The minimum Gasteiger partial charge on any atom is -0.385 e. The van der Waals surface area contributed by atoms with Gasteiger partial charge in [0.1, 0.15) is 17.5 Å². The number of pyridine rings is 1. The van der Waals surface area contributed by atoms with Gasteiger partial charge in [-0.2, -0.15) is 5.26 Å². The molecule has 2 rings (SSSR count). The average Bonchev–Trinajstić information content (AvgIpc) is 2.38. The fraction of sp³-hybridized carbons (Fsp3) is 0.200. The van der Waals surface area contributed by atoms with E-state index in [1.165, 1.54) is 4.57 Å². The maximum Gasteiger partial charge on any atom is 0.270 e. The van der Waals surface area contributed by atoms with E-state index in [4.69, 9.17) is 5.73 Å². The predicted molar refractivity (Wildman–Crippen MR) is 75.7 cm³/mol. The van der Waals surface area contributed by atoms with Gasteiger partial charge in [-0.25, -0.2) is 0 Å². The summed E-state index contributed by atoms with van der Waals surface area (Å²) in [6, 6.07) is 9.60. The third-order valence-electron chi connectivity index (χ3n) is 3.26. The Morgan fingerprint density at radius 3 is 2.53 bits per heavy atom. The van der Waals surface area contributed by atoms with E-state index in [1.54, 1.807) is 13.1 Å². The highest BCUT2D eigenvalue weighted by Crippen LogP contribution is 2.27. The molecule has 0 spiro atoms. The van der Waals surface area contributed by atoms with Crippen LogP contribution in [0.1, 0.15) is 16.7 Å². The number of anilines is 1. The molecule has 0 saturated carbocycles. The molecule has 0 amide bonds. The first-order valence-corrected chi connectivity index (χ1v) is 5.93. The molecule has 0 aliphatic carbocycles. The van der Waals surface area contributed by atoms with E-state index in [0.717, 1.165) is 16.7 Å². The van der Waals surface area contributed by atoms with Crippen LogP contribution in [0.4, 0.5) is 5.82 Å². The van der Waals surface area contributed by atoms with Crippen molar-refractivity contribution in [1.29, 1.82) is 5.26 Å². The van der Waals surface area contributed by atoms with E-state index >= 15 is 0 Å². The van der Waals surface area contributed by atoms with Crippen LogP contribution in [0.3, 0.4) is 0 Å². The lowest BCUT2D eigenvalue weighted by Crippen LogP contribution is -2.23. The normalized spacial score (nSPS) is 10.2. The summed E-state index contributed by atoms with van der Waals surface area (Å²) in [5.41, 5.74) is 9.15. The van der Waals surface area contributed by atoms with E-state index in [-0.39, 0.29) is 11.1 Å². The lowest BCUT2D eigenvalue weighted by atomic mass is 9.96. The molecule has 1 heterocycles. The quantitative estimate of drug-likeness (QED) is 0.846. The fourth-order valence-electron chi connectivity index (χ4n) is 2.06. The van der Waals surface area contributed by atoms with Gasteiger partial charge < -0.3 is 5.73 Å². The van der Waals surface area contributed by atoms with Gasteiger partial charge in [-0.05, 0) is 31.0 Å². The Bertz CT molecular complexity index is 751. The summed E-state index contributed by atoms with van der Waals surface area (Å²) in [5.74, 6) is 0.347. The van der Waals surface area contributed by atoms with E-state index in [9.17, 15) is 10.1 Å². The van der Waals surface area contributed by atoms with Crippen LogP contribution < -0.4 is 11.3 Å². The summed E-state index contributed by atoms with van der Waals surface area (Å²) in [4.78, 5) is 12.1. The number of nitrogens with two attached hydrogens (primary N) is 1. The molecule has 0 saturated heterocycles. The molecular formula is C15H15N3O. The number of nitriles is 1. The fourth-order valence-corrected chi connectivity index (χ4v) is 2.06. The highest BCUT2D eigenvalue weighted by molar-refractivity contribution is 5.75. The summed E-state index contributed by atoms with van der Waals surface area (Å²) in [6.45, 7) is 3.92. The van der Waals surface area contributed by atoms with E-state index in [1.807, 2.05) is 38.1 Å². The zero-order chi connectivity index (χ0) is 14.2. The highest BCUT2D eigenvalue weighted by atomic mass is 16.1. The van der Waals surface area contributed by atoms with Crippen molar-refractivity contribution in [3.05, 3.63) is 51.3 Å². The number of hydrogen-bond donors (Lipinski definition) is 1. The van der Waals surface area contributed by atoms with Crippen LogP contribution in [0.15, 0.2) is 29.1 Å². The van der Waals surface area contributed by atoms with Crippen LogP contribution in [-0.4, -0.2) is 4.57 Å². The van der Waals surface area contributed by atoms with Gasteiger partial charge in [-0.1, -0.05) is 23.8 Å². The van der Waals surface area contributed by atoms with Crippen LogP contribution in [0.5, 0.6) is 0 Å². The summed E-state index contributed by atoms with van der Waals surface area (Å²) >= 11 is 0. The summed E-state index contributed by atoms with van der Waals surface area (Å²) in [5, 5.41) is 9.23. The highest BCUT2D eigenvalue weighted by Gasteiger charge is 2.14. The van der Waals surface area contributed by atoms with Gasteiger partial charge in [0.15, 0.2) is 0 Å². The predicted octanol–water partition coefficient (Wildman–Crippen LogP) is 2.12. The van der Waals surface area contributed by atoms with Gasteiger partial charge in [0.05, 0.1) is 0 Å². The molecule has 0 aliphatic rings. The molecule has 0 atom stereocenters. The first kappa shape index (κ1) is 12.9. The van der Waals surface area contributed by atoms with Crippen LogP contribution in [0.25, 0.3) is 11.1 Å². The number of hydrogen-bond acceptors (Lipinski definition) is 3. The Kier molecular flexibility index (Phi) is 3.14. The monoisotopic (exact) mass is 253 g/mol. The summed E-state index contributed by atoms with van der Waals surface area (Å²) in [6.07, 6.45) is 0. The topological polar surface area (TPSA) is 71.8 Å². The van der Waals surface area contributed by atoms with Gasteiger partial charge in [0.25, 0.3) is 5.56 Å². The lowest BCUT2D eigenvalue weighted by molar-refractivity contribution is 0.871. The van der Waals surface area contributed by atoms with Crippen molar-refractivity contribution in [2.24, 2.45) is 7.05 Å². The maximum atomic E-state index is 12.1. The van der Waals surface area contributed by atoms with Gasteiger partial charge in [-0.3, -0.25) is 9.36 Å². The molecule has 4 nitrogen and oxygen atoms in total. The minimum atomic E-state index is -0.363. The third-order valence-corrected chi connectivity index (χ3v) is 3.26. The molecule has 2 N–H and O–H groups in total. The van der Waals surface area contributed by atoms with E-state index in [0.29, 0.717) is 11.4 Å². The molecule has 1 aromatic heterocycles. The van der Waals surface area contributed by atoms with E-state index < -0.39 is 0 Å². The average molecular weight is 253 g/mol. The summed E-state index contributed by atoms with van der Waals surface area (Å²) < 4.78 is 1.28. The van der Waals surface area contributed by atoms with Crippen molar-refractivity contribution in [3.8, 4) is 17.2 Å². The second-order valence-electron chi connectivity index (χ2n) is 4.65. The number of nitrogens with zero attached hydrogens (tertiary/aromatic N) is 2. The van der Waals surface area contributed by atoms with Crippen LogP contribution in [-0.2, 0) is 7.05 Å². The standard InChI is InChI=1S/C15H15N3O/c1-9-4-5-10(2)11(6-9)12-7-14(17)18(3)15(19)13(12)8-16/h4-7H,17H2,1-3H3. The molecule has 4 heteroatoms. The molecule has 0 bridgehead atoms. The number of aryl methyl sites for hydroxylation is 2. The molecule has 0 aliphatic heterocycles. The van der Waals surface area contributed by atoms with Crippen molar-refractivity contribution in [1.82, 2.24) is 4.57 Å². The number of rotatable bonds is 1. The van der Waals surface area contributed by atoms with E-state index in [2.05, 4.69) is 0 Å². The first-order valence-electron chi connectivity index (χ1n) is 5.93. The third kappa shape index (κ3) is 2.11. The lowest BCUT2D eigenvalue weighted by Gasteiger charge is -2.12. The SMILES string of the molecule is Cc1ccc(C)c(-c2cc(N)n(C)c(=O)c2C#N)c1. The molecule has 96 valence electrons. The second kappa shape index (κ2) is 4.62. The zero-order valence-corrected chi connectivity index (χ0v) is 11.2. The van der Waals surface area contributed by atoms with Crippen LogP contribution in [0, 0.1) is 25.2 Å². The Morgan fingerprint density at radius 2 is 1.89 bits per heavy atom. The van der Waals surface area contributed by atoms with Crippen molar-refractivity contribution in [3.63, 3.8) is 0 Å². The molecular weight excluding hydrogens is 238 g/mol. The molecule has 1 aromatic carbocycles. The molecule has 0 radical (unpaired) electrons. The Hall–Kier alpha value is -2.54. The van der Waals surface area contributed by atoms with Crippen LogP contribution >= 0.6 is 0 Å². The van der Waals surface area contributed by atoms with Crippen molar-refractivity contribution < 1.29 is 0 Å². The van der Waals surface area contributed by atoms with Crippen molar-refractivity contribution in [2.45, 2.75) is 13.8 Å². The molecule has 2 aromatic rings. The van der Waals surface area contributed by atoms with Gasteiger partial charge in [0, 0.05) is 12.6 Å². The van der Waals surface area contributed by atoms with Crippen molar-refractivity contribution >= 4 is 5.82 Å². The first-order chi connectivity index (χ1) is 8.95. The number of nitrogen functional groups attached to an aromatic ring is 1. The number of aromatic nitrogens is 1. The Labute approximate surface area is 111 Å². The number of benzene rings is 1. The van der Waals surface area contributed by atoms with Gasteiger partial charge >= 0.3 is 0 Å². The molecule has 0 fully saturated rings. The van der Waals surface area contributed by atoms with Crippen LogP contribution in [0.2, 0.25) is 0 Å². The molecule has 0 unspecified atom stereocenters. The smallest absolute Gasteiger partial charge is 0.270 e. The Balaban J connectivity index is 2.87. The molecule has 19 heavy (non-hydrogen) atoms. The zero-order valence-electron chi connectivity index (χ0n) is 11.2. The minimum absolute atomic E-state index is 0.130. The summed E-state index contributed by atoms with van der Waals surface area (Å²) in [7, 11) is 1.56. The Morgan fingerprint density at radius 1 is 1.21 bits per heavy atom. The maximum absolute atomic E-state index is 12.1. The van der Waals surface area contributed by atoms with Gasteiger partial charge in [-0.15, -0.1) is 0 Å². The van der Waals surface area contributed by atoms with Crippen molar-refractivity contribution in [2.75, 3.05) is 5.73 Å². The van der Waals surface area contributed by atoms with Gasteiger partial charge in [0.2, 0.25) is 0 Å². The largest absolute Gasteiger partial charge is 0.385 e.